The fourth-order valence-corrected chi connectivity index (χ4v) is 5.15. The molecule has 1 aliphatic carbocycles. The molecule has 36 heavy (non-hydrogen) atoms. The molecule has 0 unspecified atom stereocenters. The first-order valence-corrected chi connectivity index (χ1v) is 13.5. The molecule has 0 radical (unpaired) electrons. The highest BCUT2D eigenvalue weighted by atomic mass is 19.2. The van der Waals surface area contributed by atoms with E-state index in [9.17, 15) is 8.78 Å². The third-order valence-electron chi connectivity index (χ3n) is 7.37. The van der Waals surface area contributed by atoms with Gasteiger partial charge in [0.2, 0.25) is 11.6 Å². The van der Waals surface area contributed by atoms with Gasteiger partial charge in [0, 0.05) is 0 Å². The topological polar surface area (TPSA) is 18.5 Å². The number of benzene rings is 3. The number of unbranched alkanes of at least 4 members (excludes halogenated alkanes) is 2. The van der Waals surface area contributed by atoms with Crippen molar-refractivity contribution in [3.05, 3.63) is 83.4 Å². The maximum absolute atomic E-state index is 14.3. The molecule has 3 aromatic carbocycles. The molecule has 0 aliphatic heterocycles. The van der Waals surface area contributed by atoms with Crippen LogP contribution in [0.3, 0.4) is 0 Å². The molecule has 0 aromatic heterocycles. The van der Waals surface area contributed by atoms with Crippen molar-refractivity contribution >= 4 is 0 Å². The lowest BCUT2D eigenvalue weighted by Crippen LogP contribution is -2.19. The molecule has 0 heterocycles. The van der Waals surface area contributed by atoms with E-state index in [0.717, 1.165) is 32.1 Å². The Bertz CT molecular complexity index is 1080. The van der Waals surface area contributed by atoms with E-state index in [4.69, 9.17) is 9.47 Å². The van der Waals surface area contributed by atoms with Crippen molar-refractivity contribution in [2.45, 2.75) is 71.1 Å². The van der Waals surface area contributed by atoms with Crippen LogP contribution in [-0.2, 0) is 6.42 Å². The van der Waals surface area contributed by atoms with Gasteiger partial charge >= 0.3 is 0 Å². The van der Waals surface area contributed by atoms with E-state index in [1.165, 1.54) is 53.6 Å². The molecule has 1 fully saturated rings. The van der Waals surface area contributed by atoms with E-state index in [1.54, 1.807) is 6.92 Å². The number of ether oxygens (including phenoxy) is 2. The zero-order valence-corrected chi connectivity index (χ0v) is 21.6. The molecule has 0 amide bonds. The van der Waals surface area contributed by atoms with Crippen LogP contribution in [0.5, 0.6) is 11.5 Å². The lowest BCUT2D eigenvalue weighted by Gasteiger charge is -2.29. The zero-order chi connectivity index (χ0) is 25.3. The van der Waals surface area contributed by atoms with Gasteiger partial charge < -0.3 is 9.47 Å². The van der Waals surface area contributed by atoms with Gasteiger partial charge in [-0.2, -0.15) is 8.78 Å². The minimum absolute atomic E-state index is 0.0392. The van der Waals surface area contributed by atoms with Crippen molar-refractivity contribution in [1.82, 2.24) is 0 Å². The second kappa shape index (κ2) is 12.9. The largest absolute Gasteiger partial charge is 0.491 e. The molecule has 192 valence electrons. The molecule has 3 aromatic rings. The van der Waals surface area contributed by atoms with Crippen LogP contribution in [0.25, 0.3) is 11.1 Å². The van der Waals surface area contributed by atoms with Crippen molar-refractivity contribution in [2.75, 3.05) is 13.2 Å². The van der Waals surface area contributed by atoms with Crippen LogP contribution in [-0.4, -0.2) is 13.2 Å². The number of halogens is 2. The molecule has 4 heteroatoms. The Balaban J connectivity index is 1.26. The first kappa shape index (κ1) is 26.2. The van der Waals surface area contributed by atoms with Crippen molar-refractivity contribution in [3.8, 4) is 22.6 Å². The van der Waals surface area contributed by atoms with Gasteiger partial charge in [0.1, 0.15) is 0 Å². The summed E-state index contributed by atoms with van der Waals surface area (Å²) in [4.78, 5) is 0. The molecule has 0 atom stereocenters. The van der Waals surface area contributed by atoms with Crippen molar-refractivity contribution < 1.29 is 18.3 Å². The highest BCUT2D eigenvalue weighted by Gasteiger charge is 2.24. The Morgan fingerprint density at radius 1 is 0.694 bits per heavy atom. The summed E-state index contributed by atoms with van der Waals surface area (Å²) in [5.41, 5.74) is 5.32. The van der Waals surface area contributed by atoms with Gasteiger partial charge in [0.15, 0.2) is 11.5 Å². The van der Waals surface area contributed by atoms with Crippen LogP contribution >= 0.6 is 0 Å². The first-order valence-electron chi connectivity index (χ1n) is 13.5. The third kappa shape index (κ3) is 6.66. The number of hydrogen-bond donors (Lipinski definition) is 0. The third-order valence-corrected chi connectivity index (χ3v) is 7.37. The van der Waals surface area contributed by atoms with E-state index in [0.29, 0.717) is 18.4 Å². The monoisotopic (exact) mass is 492 g/mol. The normalized spacial score (nSPS) is 17.7. The summed E-state index contributed by atoms with van der Waals surface area (Å²) in [6.07, 6.45) is 9.17. The van der Waals surface area contributed by atoms with Crippen LogP contribution in [0.15, 0.2) is 60.7 Å². The standard InChI is InChI=1S/C32H38F2O2/c1-3-5-6-7-23-8-12-25(13-9-23)27-16-18-28(19-17-27)26-14-10-24(11-15-26)22-36-30-21-20-29(35-4-2)31(33)32(30)34/h8-9,12-13,16-21,24,26H,3-7,10-11,14-15,22H2,1-2H3. The fraction of sp³-hybridized carbons (Fsp3) is 0.438. The maximum atomic E-state index is 14.3. The van der Waals surface area contributed by atoms with Gasteiger partial charge in [-0.1, -0.05) is 68.3 Å². The van der Waals surface area contributed by atoms with Gasteiger partial charge in [-0.15, -0.1) is 0 Å². The maximum Gasteiger partial charge on any atom is 0.204 e. The van der Waals surface area contributed by atoms with Crippen molar-refractivity contribution in [1.29, 1.82) is 0 Å². The molecular weight excluding hydrogens is 454 g/mol. The molecular formula is C32H38F2O2. The first-order chi connectivity index (χ1) is 17.6. The minimum atomic E-state index is -0.982. The second-order valence-corrected chi connectivity index (χ2v) is 9.93. The van der Waals surface area contributed by atoms with E-state index in [2.05, 4.69) is 55.5 Å². The van der Waals surface area contributed by atoms with Gasteiger partial charge in [0.25, 0.3) is 0 Å². The van der Waals surface area contributed by atoms with E-state index in [-0.39, 0.29) is 18.1 Å². The molecule has 2 nitrogen and oxygen atoms in total. The smallest absolute Gasteiger partial charge is 0.204 e. The van der Waals surface area contributed by atoms with Crippen LogP contribution in [0.1, 0.15) is 75.8 Å². The van der Waals surface area contributed by atoms with Gasteiger partial charge in [-0.3, -0.25) is 0 Å². The molecule has 0 bridgehead atoms. The molecule has 1 saturated carbocycles. The Hall–Kier alpha value is -2.88. The summed E-state index contributed by atoms with van der Waals surface area (Å²) in [7, 11) is 0. The number of hydrogen-bond acceptors (Lipinski definition) is 2. The van der Waals surface area contributed by atoms with E-state index >= 15 is 0 Å². The molecule has 0 N–H and O–H groups in total. The minimum Gasteiger partial charge on any atom is -0.491 e. The van der Waals surface area contributed by atoms with E-state index < -0.39 is 11.6 Å². The number of rotatable bonds is 11. The van der Waals surface area contributed by atoms with E-state index in [1.807, 2.05) is 0 Å². The van der Waals surface area contributed by atoms with Crippen LogP contribution in [0, 0.1) is 17.6 Å². The van der Waals surface area contributed by atoms with Gasteiger partial charge in [-0.05, 0) is 91.7 Å². The second-order valence-electron chi connectivity index (χ2n) is 9.93. The predicted molar refractivity (Wildman–Crippen MR) is 143 cm³/mol. The molecule has 1 aliphatic rings. The van der Waals surface area contributed by atoms with Crippen LogP contribution in [0.2, 0.25) is 0 Å². The average Bonchev–Trinajstić information content (AvgIpc) is 2.92. The summed E-state index contributed by atoms with van der Waals surface area (Å²) in [5, 5.41) is 0. The molecule has 0 saturated heterocycles. The van der Waals surface area contributed by atoms with Gasteiger partial charge in [0.05, 0.1) is 13.2 Å². The van der Waals surface area contributed by atoms with Gasteiger partial charge in [-0.25, -0.2) is 0 Å². The zero-order valence-electron chi connectivity index (χ0n) is 21.6. The molecule has 0 spiro atoms. The summed E-state index contributed by atoms with van der Waals surface area (Å²) < 4.78 is 39.1. The Kier molecular flexibility index (Phi) is 9.38. The van der Waals surface area contributed by atoms with Crippen molar-refractivity contribution in [2.24, 2.45) is 5.92 Å². The van der Waals surface area contributed by atoms with Crippen molar-refractivity contribution in [3.63, 3.8) is 0 Å². The summed E-state index contributed by atoms with van der Waals surface area (Å²) in [6.45, 7) is 4.67. The Morgan fingerprint density at radius 3 is 1.86 bits per heavy atom. The fourth-order valence-electron chi connectivity index (χ4n) is 5.15. The predicted octanol–water partition coefficient (Wildman–Crippen LogP) is 9.12. The summed E-state index contributed by atoms with van der Waals surface area (Å²) in [6, 6.07) is 20.9. The molecule has 4 rings (SSSR count). The lowest BCUT2D eigenvalue weighted by molar-refractivity contribution is 0.191. The summed E-state index contributed by atoms with van der Waals surface area (Å²) in [5.74, 6) is -1.18. The SMILES string of the molecule is CCCCCc1ccc(-c2ccc(C3CCC(COc4ccc(OCC)c(F)c4F)CC3)cc2)cc1. The highest BCUT2D eigenvalue weighted by Crippen LogP contribution is 2.37. The number of aryl methyl sites for hydroxylation is 1. The van der Waals surface area contributed by atoms with Crippen LogP contribution in [0.4, 0.5) is 8.78 Å². The van der Waals surface area contributed by atoms with Crippen LogP contribution < -0.4 is 9.47 Å². The lowest BCUT2D eigenvalue weighted by atomic mass is 9.79. The Labute approximate surface area is 214 Å². The Morgan fingerprint density at radius 2 is 1.28 bits per heavy atom. The average molecular weight is 493 g/mol. The quantitative estimate of drug-likeness (QED) is 0.249. The summed E-state index contributed by atoms with van der Waals surface area (Å²) >= 11 is 0. The highest BCUT2D eigenvalue weighted by molar-refractivity contribution is 5.64.